The van der Waals surface area contributed by atoms with Gasteiger partial charge in [0.15, 0.2) is 5.11 Å². The lowest BCUT2D eigenvalue weighted by atomic mass is 9.98. The lowest BCUT2D eigenvalue weighted by Crippen LogP contribution is -2.55. The van der Waals surface area contributed by atoms with E-state index in [1.54, 1.807) is 48.5 Å². The van der Waals surface area contributed by atoms with Crippen molar-refractivity contribution in [1.82, 2.24) is 16.2 Å². The van der Waals surface area contributed by atoms with Crippen LogP contribution in [0.3, 0.4) is 0 Å². The van der Waals surface area contributed by atoms with Crippen LogP contribution in [0.25, 0.3) is 0 Å². The third kappa shape index (κ3) is 6.51. The highest BCUT2D eigenvalue weighted by atomic mass is 35.5. The van der Waals surface area contributed by atoms with Crippen molar-refractivity contribution < 1.29 is 9.59 Å². The molecule has 6 nitrogen and oxygen atoms in total. The molecule has 0 saturated heterocycles. The summed E-state index contributed by atoms with van der Waals surface area (Å²) in [6, 6.07) is 15.1. The molecule has 2 atom stereocenters. The standard InChI is InChI=1S/C20H23ClN4O2S/c1-3-13(2)17(23-18(26)14-8-5-4-6-9-14)19(27)24-25-20(28)22-16-11-7-10-15(21)12-16/h4-13,17H,3H2,1-2H3,(H,23,26)(H,24,27)(H2,22,25,28)/t13-,17-/m0/s1. The van der Waals surface area contributed by atoms with Gasteiger partial charge in [-0.3, -0.25) is 20.4 Å². The number of anilines is 1. The third-order valence-electron chi connectivity index (χ3n) is 4.20. The van der Waals surface area contributed by atoms with E-state index in [9.17, 15) is 9.59 Å². The molecule has 148 valence electrons. The van der Waals surface area contributed by atoms with E-state index in [-0.39, 0.29) is 22.8 Å². The third-order valence-corrected chi connectivity index (χ3v) is 4.64. The minimum atomic E-state index is -0.709. The molecule has 2 rings (SSSR count). The van der Waals surface area contributed by atoms with Crippen LogP contribution in [-0.2, 0) is 4.79 Å². The highest BCUT2D eigenvalue weighted by Gasteiger charge is 2.26. The van der Waals surface area contributed by atoms with Gasteiger partial charge < -0.3 is 10.6 Å². The minimum Gasteiger partial charge on any atom is -0.340 e. The van der Waals surface area contributed by atoms with E-state index >= 15 is 0 Å². The first-order valence-electron chi connectivity index (χ1n) is 8.89. The van der Waals surface area contributed by atoms with Gasteiger partial charge in [0.05, 0.1) is 0 Å². The van der Waals surface area contributed by atoms with Crippen molar-refractivity contribution >= 4 is 46.4 Å². The number of hydrazine groups is 1. The molecule has 0 radical (unpaired) electrons. The highest BCUT2D eigenvalue weighted by Crippen LogP contribution is 2.14. The molecule has 2 aromatic rings. The van der Waals surface area contributed by atoms with Gasteiger partial charge in [-0.2, -0.15) is 0 Å². The number of benzene rings is 2. The summed E-state index contributed by atoms with van der Waals surface area (Å²) in [5.74, 6) is -0.751. The van der Waals surface area contributed by atoms with Gasteiger partial charge >= 0.3 is 0 Å². The van der Waals surface area contributed by atoms with E-state index in [2.05, 4.69) is 21.5 Å². The molecule has 0 aliphatic heterocycles. The van der Waals surface area contributed by atoms with E-state index in [1.165, 1.54) is 0 Å². The normalized spacial score (nSPS) is 12.4. The Bertz CT molecular complexity index is 832. The van der Waals surface area contributed by atoms with Crippen molar-refractivity contribution in [2.24, 2.45) is 5.92 Å². The molecule has 28 heavy (non-hydrogen) atoms. The average Bonchev–Trinajstić information content (AvgIpc) is 2.70. The van der Waals surface area contributed by atoms with E-state index in [0.717, 1.165) is 6.42 Å². The summed E-state index contributed by atoms with van der Waals surface area (Å²) >= 11 is 11.1. The fourth-order valence-electron chi connectivity index (χ4n) is 2.44. The summed E-state index contributed by atoms with van der Waals surface area (Å²) in [7, 11) is 0. The zero-order valence-electron chi connectivity index (χ0n) is 15.7. The lowest BCUT2D eigenvalue weighted by molar-refractivity contribution is -0.124. The molecule has 0 saturated carbocycles. The van der Waals surface area contributed by atoms with Crippen LogP contribution in [0.5, 0.6) is 0 Å². The van der Waals surface area contributed by atoms with Crippen LogP contribution in [0.15, 0.2) is 54.6 Å². The Kier molecular flexibility index (Phi) is 8.22. The Morgan fingerprint density at radius 3 is 2.43 bits per heavy atom. The second-order valence-corrected chi connectivity index (χ2v) is 7.13. The molecule has 0 bridgehead atoms. The van der Waals surface area contributed by atoms with Crippen molar-refractivity contribution in [2.45, 2.75) is 26.3 Å². The van der Waals surface area contributed by atoms with Crippen LogP contribution in [0.1, 0.15) is 30.6 Å². The van der Waals surface area contributed by atoms with Crippen LogP contribution in [0, 0.1) is 5.92 Å². The number of rotatable bonds is 6. The monoisotopic (exact) mass is 418 g/mol. The summed E-state index contributed by atoms with van der Waals surface area (Å²) in [4.78, 5) is 25.1. The topological polar surface area (TPSA) is 82.3 Å². The molecule has 4 N–H and O–H groups in total. The number of carbonyl (C=O) groups excluding carboxylic acids is 2. The van der Waals surface area contributed by atoms with E-state index in [0.29, 0.717) is 16.3 Å². The average molecular weight is 419 g/mol. The Morgan fingerprint density at radius 1 is 1.07 bits per heavy atom. The van der Waals surface area contributed by atoms with Crippen molar-refractivity contribution in [3.63, 3.8) is 0 Å². The Hall–Kier alpha value is -2.64. The molecule has 0 fully saturated rings. The molecule has 0 spiro atoms. The first-order valence-corrected chi connectivity index (χ1v) is 9.67. The quantitative estimate of drug-likeness (QED) is 0.426. The number of halogens is 1. The molecular formula is C20H23ClN4O2S. The fourth-order valence-corrected chi connectivity index (χ4v) is 2.80. The summed E-state index contributed by atoms with van der Waals surface area (Å²) in [6.07, 6.45) is 0.721. The molecule has 2 amide bonds. The Morgan fingerprint density at radius 2 is 1.79 bits per heavy atom. The van der Waals surface area contributed by atoms with Crippen molar-refractivity contribution in [3.05, 3.63) is 65.2 Å². The van der Waals surface area contributed by atoms with Gasteiger partial charge in [0, 0.05) is 16.3 Å². The highest BCUT2D eigenvalue weighted by molar-refractivity contribution is 7.80. The molecule has 0 aliphatic carbocycles. The van der Waals surface area contributed by atoms with Crippen LogP contribution < -0.4 is 21.5 Å². The summed E-state index contributed by atoms with van der Waals surface area (Å²) in [6.45, 7) is 3.86. The molecule has 0 unspecified atom stereocenters. The maximum absolute atomic E-state index is 12.6. The van der Waals surface area contributed by atoms with Gasteiger partial charge in [-0.25, -0.2) is 0 Å². The second kappa shape index (κ2) is 10.6. The van der Waals surface area contributed by atoms with Crippen LogP contribution in [-0.4, -0.2) is 23.0 Å². The van der Waals surface area contributed by atoms with Crippen molar-refractivity contribution in [3.8, 4) is 0 Å². The summed E-state index contributed by atoms with van der Waals surface area (Å²) in [5, 5.41) is 6.48. The maximum Gasteiger partial charge on any atom is 0.261 e. The van der Waals surface area contributed by atoms with Crippen LogP contribution in [0.4, 0.5) is 5.69 Å². The number of thiocarbonyl (C=S) groups is 1. The molecular weight excluding hydrogens is 396 g/mol. The number of carbonyl (C=O) groups is 2. The largest absolute Gasteiger partial charge is 0.340 e. The number of nitrogens with one attached hydrogen (secondary N) is 4. The van der Waals surface area contributed by atoms with E-state index < -0.39 is 6.04 Å². The van der Waals surface area contributed by atoms with Gasteiger partial charge in [0.1, 0.15) is 6.04 Å². The summed E-state index contributed by atoms with van der Waals surface area (Å²) < 4.78 is 0. The van der Waals surface area contributed by atoms with Crippen molar-refractivity contribution in [2.75, 3.05) is 5.32 Å². The molecule has 0 aliphatic rings. The smallest absolute Gasteiger partial charge is 0.261 e. The summed E-state index contributed by atoms with van der Waals surface area (Å²) in [5.41, 5.74) is 6.38. The number of hydrogen-bond donors (Lipinski definition) is 4. The molecule has 0 heterocycles. The first kappa shape index (κ1) is 21.7. The molecule has 0 aromatic heterocycles. The van der Waals surface area contributed by atoms with Gasteiger partial charge in [-0.15, -0.1) is 0 Å². The predicted octanol–water partition coefficient (Wildman–Crippen LogP) is 3.50. The zero-order chi connectivity index (χ0) is 20.5. The first-order chi connectivity index (χ1) is 13.4. The number of amides is 2. The maximum atomic E-state index is 12.6. The van der Waals surface area contributed by atoms with Gasteiger partial charge in [-0.1, -0.05) is 56.1 Å². The minimum absolute atomic E-state index is 0.0658. The van der Waals surface area contributed by atoms with Crippen LogP contribution in [0.2, 0.25) is 5.02 Å². The Labute approximate surface area is 175 Å². The molecule has 8 heteroatoms. The second-order valence-electron chi connectivity index (χ2n) is 6.28. The Balaban J connectivity index is 1.95. The van der Waals surface area contributed by atoms with Gasteiger partial charge in [0.25, 0.3) is 11.8 Å². The zero-order valence-corrected chi connectivity index (χ0v) is 17.2. The predicted molar refractivity (Wildman–Crippen MR) is 116 cm³/mol. The SMILES string of the molecule is CC[C@H](C)[C@H](NC(=O)c1ccccc1)C(=O)NNC(=S)Nc1cccc(Cl)c1. The van der Waals surface area contributed by atoms with E-state index in [4.69, 9.17) is 23.8 Å². The lowest BCUT2D eigenvalue weighted by Gasteiger charge is -2.24. The van der Waals surface area contributed by atoms with Crippen LogP contribution >= 0.6 is 23.8 Å². The van der Waals surface area contributed by atoms with Gasteiger partial charge in [0.2, 0.25) is 0 Å². The molecule has 2 aromatic carbocycles. The van der Waals surface area contributed by atoms with Crippen molar-refractivity contribution in [1.29, 1.82) is 0 Å². The van der Waals surface area contributed by atoms with E-state index in [1.807, 2.05) is 19.9 Å². The fraction of sp³-hybridized carbons (Fsp3) is 0.250. The number of hydrogen-bond acceptors (Lipinski definition) is 3. The van der Waals surface area contributed by atoms with Gasteiger partial charge in [-0.05, 0) is 48.5 Å².